The molecule has 1 rings (SSSR count). The van der Waals surface area contributed by atoms with E-state index in [1.54, 1.807) is 0 Å². The zero-order chi connectivity index (χ0) is 21.0. The Kier molecular flexibility index (Phi) is 10.4. The summed E-state index contributed by atoms with van der Waals surface area (Å²) in [4.78, 5) is 34.5. The molecule has 0 aliphatic rings. The molecule has 0 aliphatic heterocycles. The lowest BCUT2D eigenvalue weighted by molar-refractivity contribution is -0.141. The minimum atomic E-state index is -4.50. The Morgan fingerprint density at radius 2 is 1.50 bits per heavy atom. The molecule has 156 valence electrons. The molecule has 1 aromatic carbocycles. The van der Waals surface area contributed by atoms with Crippen LogP contribution in [0.1, 0.15) is 50.5 Å². The summed E-state index contributed by atoms with van der Waals surface area (Å²) in [6.07, 6.45) is 4.80. The first-order valence-electron chi connectivity index (χ1n) is 9.20. The second kappa shape index (κ2) is 12.2. The number of unbranched alkanes of at least 4 members (excludes halogenated alkanes) is 4. The fourth-order valence-electron chi connectivity index (χ4n) is 2.70. The predicted octanol–water partition coefficient (Wildman–Crippen LogP) is 1.99. The van der Waals surface area contributed by atoms with Gasteiger partial charge in [-0.25, -0.2) is 4.79 Å². The third-order valence-corrected chi connectivity index (χ3v) is 4.87. The maximum absolute atomic E-state index is 11.9. The molecule has 0 aromatic heterocycles. The molecule has 0 spiro atoms. The van der Waals surface area contributed by atoms with Crippen molar-refractivity contribution in [2.24, 2.45) is 0 Å². The van der Waals surface area contributed by atoms with Gasteiger partial charge in [-0.3, -0.25) is 14.1 Å². The van der Waals surface area contributed by atoms with Gasteiger partial charge in [0, 0.05) is 19.3 Å². The van der Waals surface area contributed by atoms with Crippen LogP contribution in [0.3, 0.4) is 0 Å². The second-order valence-electron chi connectivity index (χ2n) is 6.68. The van der Waals surface area contributed by atoms with E-state index < -0.39 is 33.8 Å². The number of aliphatic carboxylic acids is 1. The molecule has 0 aliphatic carbocycles. The molecule has 0 bridgehead atoms. The SMILES string of the molecule is O=C(CCCCCCCC(=O)N[C@@H](CS(=O)(=O)O)C(=O)O)Cc1ccccc1. The van der Waals surface area contributed by atoms with Crippen LogP contribution in [-0.4, -0.2) is 47.5 Å². The molecule has 28 heavy (non-hydrogen) atoms. The van der Waals surface area contributed by atoms with E-state index in [1.165, 1.54) is 0 Å². The van der Waals surface area contributed by atoms with Crippen LogP contribution in [0.25, 0.3) is 0 Å². The van der Waals surface area contributed by atoms with Crippen LogP contribution in [0.5, 0.6) is 0 Å². The predicted molar refractivity (Wildman–Crippen MR) is 103 cm³/mol. The van der Waals surface area contributed by atoms with Gasteiger partial charge in [0.1, 0.15) is 17.6 Å². The topological polar surface area (TPSA) is 138 Å². The molecule has 0 saturated carbocycles. The molecule has 1 amide bonds. The Bertz CT molecular complexity index is 747. The first-order valence-corrected chi connectivity index (χ1v) is 10.8. The molecular weight excluding hydrogens is 386 g/mol. The highest BCUT2D eigenvalue weighted by Gasteiger charge is 2.25. The lowest BCUT2D eigenvalue weighted by Crippen LogP contribution is -2.45. The van der Waals surface area contributed by atoms with Crippen molar-refractivity contribution in [3.05, 3.63) is 35.9 Å². The molecular formula is C19H27NO7S. The van der Waals surface area contributed by atoms with Crippen molar-refractivity contribution in [2.75, 3.05) is 5.75 Å². The van der Waals surface area contributed by atoms with Gasteiger partial charge < -0.3 is 10.4 Å². The molecule has 1 atom stereocenters. The van der Waals surface area contributed by atoms with Crippen LogP contribution in [0.2, 0.25) is 0 Å². The number of benzene rings is 1. The van der Waals surface area contributed by atoms with Gasteiger partial charge in [-0.1, -0.05) is 49.6 Å². The van der Waals surface area contributed by atoms with Crippen molar-refractivity contribution in [3.63, 3.8) is 0 Å². The summed E-state index contributed by atoms with van der Waals surface area (Å²) in [7, 11) is -4.50. The van der Waals surface area contributed by atoms with Crippen LogP contribution in [0, 0.1) is 0 Å². The Labute approximate surface area is 165 Å². The van der Waals surface area contributed by atoms with Gasteiger partial charge in [-0.05, 0) is 18.4 Å². The second-order valence-corrected chi connectivity index (χ2v) is 8.17. The number of hydrogen-bond donors (Lipinski definition) is 3. The third-order valence-electron chi connectivity index (χ3n) is 4.11. The number of nitrogens with one attached hydrogen (secondary N) is 1. The summed E-state index contributed by atoms with van der Waals surface area (Å²) < 4.78 is 30.2. The van der Waals surface area contributed by atoms with E-state index in [4.69, 9.17) is 9.66 Å². The van der Waals surface area contributed by atoms with Crippen molar-refractivity contribution in [2.45, 2.75) is 57.4 Å². The monoisotopic (exact) mass is 413 g/mol. The highest BCUT2D eigenvalue weighted by molar-refractivity contribution is 7.85. The van der Waals surface area contributed by atoms with Crippen molar-refractivity contribution in [1.82, 2.24) is 5.32 Å². The molecule has 0 radical (unpaired) electrons. The smallest absolute Gasteiger partial charge is 0.327 e. The van der Waals surface area contributed by atoms with Gasteiger partial charge in [-0.15, -0.1) is 0 Å². The Balaban J connectivity index is 2.12. The summed E-state index contributed by atoms with van der Waals surface area (Å²) in [6, 6.07) is 7.89. The fourth-order valence-corrected chi connectivity index (χ4v) is 3.35. The zero-order valence-electron chi connectivity index (χ0n) is 15.7. The fraction of sp³-hybridized carbons (Fsp3) is 0.526. The molecule has 8 nitrogen and oxygen atoms in total. The maximum Gasteiger partial charge on any atom is 0.327 e. The van der Waals surface area contributed by atoms with Crippen molar-refractivity contribution < 1.29 is 32.5 Å². The summed E-state index contributed by atoms with van der Waals surface area (Å²) in [5, 5.41) is 11.0. The first kappa shape index (κ1) is 23.8. The number of carboxylic acid groups (broad SMARTS) is 1. The van der Waals surface area contributed by atoms with Gasteiger partial charge in [0.25, 0.3) is 10.1 Å². The molecule has 0 heterocycles. The maximum atomic E-state index is 11.9. The van der Waals surface area contributed by atoms with Gasteiger partial charge in [0.2, 0.25) is 5.91 Å². The van der Waals surface area contributed by atoms with E-state index in [0.717, 1.165) is 31.2 Å². The Morgan fingerprint density at radius 1 is 0.929 bits per heavy atom. The van der Waals surface area contributed by atoms with Crippen molar-refractivity contribution in [1.29, 1.82) is 0 Å². The quantitative estimate of drug-likeness (QED) is 0.313. The summed E-state index contributed by atoms with van der Waals surface area (Å²) in [6.45, 7) is 0. The summed E-state index contributed by atoms with van der Waals surface area (Å²) >= 11 is 0. The Hall–Kier alpha value is -2.26. The number of carbonyl (C=O) groups excluding carboxylic acids is 2. The standard InChI is InChI=1S/C19H27NO7S/c21-16(13-15-9-5-4-6-10-15)11-7-2-1-3-8-12-18(22)20-17(19(23)24)14-28(25,26)27/h4-6,9-10,17H,1-3,7-8,11-14H2,(H,20,22)(H,23,24)(H,25,26,27)/t17-/m0/s1. The van der Waals surface area contributed by atoms with Gasteiger partial charge >= 0.3 is 5.97 Å². The molecule has 1 aromatic rings. The van der Waals surface area contributed by atoms with Crippen LogP contribution in [-0.2, 0) is 30.9 Å². The van der Waals surface area contributed by atoms with E-state index in [1.807, 2.05) is 30.3 Å². The van der Waals surface area contributed by atoms with Crippen LogP contribution in [0.15, 0.2) is 30.3 Å². The number of carboxylic acids is 1. The average Bonchev–Trinajstić information content (AvgIpc) is 2.60. The van der Waals surface area contributed by atoms with Crippen LogP contribution >= 0.6 is 0 Å². The molecule has 3 N–H and O–H groups in total. The van der Waals surface area contributed by atoms with Crippen LogP contribution < -0.4 is 5.32 Å². The normalized spacial score (nSPS) is 12.3. The van der Waals surface area contributed by atoms with E-state index >= 15 is 0 Å². The lowest BCUT2D eigenvalue weighted by atomic mass is 10.0. The van der Waals surface area contributed by atoms with Crippen molar-refractivity contribution in [3.8, 4) is 0 Å². The molecule has 9 heteroatoms. The summed E-state index contributed by atoms with van der Waals surface area (Å²) in [5.41, 5.74) is 1.01. The first-order chi connectivity index (χ1) is 13.2. The zero-order valence-corrected chi connectivity index (χ0v) is 16.5. The largest absolute Gasteiger partial charge is 0.480 e. The number of carbonyl (C=O) groups is 3. The molecule has 0 saturated heterocycles. The van der Waals surface area contributed by atoms with E-state index in [2.05, 4.69) is 5.32 Å². The van der Waals surface area contributed by atoms with Gasteiger partial charge in [-0.2, -0.15) is 8.42 Å². The van der Waals surface area contributed by atoms with Gasteiger partial charge in [0.05, 0.1) is 0 Å². The molecule has 0 fully saturated rings. The summed E-state index contributed by atoms with van der Waals surface area (Å²) in [5.74, 6) is -2.96. The number of Topliss-reactive ketones (excluding diaryl/α,β-unsaturated/α-hetero) is 1. The van der Waals surface area contributed by atoms with Crippen LogP contribution in [0.4, 0.5) is 0 Å². The Morgan fingerprint density at radius 3 is 2.07 bits per heavy atom. The van der Waals surface area contributed by atoms with E-state index in [9.17, 15) is 22.8 Å². The number of rotatable bonds is 14. The number of hydrogen-bond acceptors (Lipinski definition) is 5. The van der Waals surface area contributed by atoms with E-state index in [0.29, 0.717) is 19.3 Å². The molecule has 0 unspecified atom stereocenters. The third kappa shape index (κ3) is 11.5. The highest BCUT2D eigenvalue weighted by Crippen LogP contribution is 2.10. The van der Waals surface area contributed by atoms with Crippen molar-refractivity contribution >= 4 is 27.8 Å². The number of amides is 1. The lowest BCUT2D eigenvalue weighted by Gasteiger charge is -2.12. The average molecular weight is 413 g/mol. The van der Waals surface area contributed by atoms with E-state index in [-0.39, 0.29) is 12.2 Å². The van der Waals surface area contributed by atoms with Gasteiger partial charge in [0.15, 0.2) is 0 Å². The minimum absolute atomic E-state index is 0.0716. The highest BCUT2D eigenvalue weighted by atomic mass is 32.2. The number of ketones is 1. The minimum Gasteiger partial charge on any atom is -0.480 e.